The van der Waals surface area contributed by atoms with Crippen molar-refractivity contribution in [2.45, 2.75) is 91.3 Å². The van der Waals surface area contributed by atoms with E-state index in [2.05, 4.69) is 34.6 Å². The van der Waals surface area contributed by atoms with Gasteiger partial charge in [-0.25, -0.2) is 0 Å². The highest BCUT2D eigenvalue weighted by Gasteiger charge is 2.55. The molecule has 1 saturated carbocycles. The molecule has 1 aliphatic carbocycles. The number of fused-ring (bicyclic) bond motifs is 1. The van der Waals surface area contributed by atoms with E-state index < -0.39 is 0 Å². The fraction of sp³-hybridized carbons (Fsp3) is 1.00. The molecule has 1 nitrogen and oxygen atoms in total. The van der Waals surface area contributed by atoms with Crippen LogP contribution in [0.1, 0.15) is 79.6 Å². The summed E-state index contributed by atoms with van der Waals surface area (Å²) < 4.78 is 5.84. The summed E-state index contributed by atoms with van der Waals surface area (Å²) in [5.41, 5.74) is 0.814. The van der Waals surface area contributed by atoms with E-state index in [0.717, 1.165) is 11.8 Å². The highest BCUT2D eigenvalue weighted by molar-refractivity contribution is 5.04. The molecule has 4 unspecified atom stereocenters. The highest BCUT2D eigenvalue weighted by Crippen LogP contribution is 2.51. The zero-order valence-electron chi connectivity index (χ0n) is 13.1. The molecule has 0 N–H and O–H groups in total. The van der Waals surface area contributed by atoms with Crippen molar-refractivity contribution in [3.8, 4) is 0 Å². The van der Waals surface area contributed by atoms with Gasteiger partial charge in [-0.1, -0.05) is 40.5 Å². The largest absolute Gasteiger partial charge is 0.366 e. The Kier molecular flexibility index (Phi) is 4.11. The first-order valence-corrected chi connectivity index (χ1v) is 8.04. The Morgan fingerprint density at radius 1 is 1.39 bits per heavy atom. The predicted molar refractivity (Wildman–Crippen MR) is 77.7 cm³/mol. The SMILES string of the molecule is CCCCC(C)(C)CC(C)C1CCC2(C)OC2C1. The molecule has 0 aromatic heterocycles. The van der Waals surface area contributed by atoms with Crippen LogP contribution in [0.25, 0.3) is 0 Å². The summed E-state index contributed by atoms with van der Waals surface area (Å²) in [7, 11) is 0. The van der Waals surface area contributed by atoms with Crippen LogP contribution in [-0.2, 0) is 4.74 Å². The maximum atomic E-state index is 5.84. The molecule has 0 aromatic carbocycles. The lowest BCUT2D eigenvalue weighted by atomic mass is 9.70. The summed E-state index contributed by atoms with van der Waals surface area (Å²) in [5, 5.41) is 0. The second kappa shape index (κ2) is 5.15. The molecule has 0 bridgehead atoms. The van der Waals surface area contributed by atoms with Crippen molar-refractivity contribution in [3.05, 3.63) is 0 Å². The summed E-state index contributed by atoms with van der Waals surface area (Å²) in [6.07, 6.45) is 10.1. The zero-order valence-corrected chi connectivity index (χ0v) is 13.1. The van der Waals surface area contributed by atoms with Gasteiger partial charge in [-0.2, -0.15) is 0 Å². The summed E-state index contributed by atoms with van der Waals surface area (Å²) >= 11 is 0. The van der Waals surface area contributed by atoms with Crippen LogP contribution in [0.4, 0.5) is 0 Å². The molecule has 2 aliphatic rings. The third-order valence-corrected chi connectivity index (χ3v) is 5.45. The summed E-state index contributed by atoms with van der Waals surface area (Å²) in [6, 6.07) is 0. The Hall–Kier alpha value is -0.0400. The second-order valence-electron chi connectivity index (χ2n) is 7.90. The molecule has 106 valence electrons. The van der Waals surface area contributed by atoms with E-state index in [4.69, 9.17) is 4.74 Å². The molecule has 1 saturated heterocycles. The maximum Gasteiger partial charge on any atom is 0.0920 e. The van der Waals surface area contributed by atoms with Gasteiger partial charge in [-0.15, -0.1) is 0 Å². The monoisotopic (exact) mass is 252 g/mol. The topological polar surface area (TPSA) is 12.5 Å². The summed E-state index contributed by atoms with van der Waals surface area (Å²) in [4.78, 5) is 0. The van der Waals surface area contributed by atoms with E-state index in [0.29, 0.717) is 11.5 Å². The van der Waals surface area contributed by atoms with Crippen molar-refractivity contribution in [1.29, 1.82) is 0 Å². The fourth-order valence-electron chi connectivity index (χ4n) is 3.99. The minimum atomic E-state index is 0.286. The number of rotatable bonds is 6. The maximum absolute atomic E-state index is 5.84. The van der Waals surface area contributed by atoms with E-state index in [1.807, 2.05) is 0 Å². The number of epoxide rings is 1. The fourth-order valence-corrected chi connectivity index (χ4v) is 3.99. The first-order chi connectivity index (χ1) is 8.36. The Morgan fingerprint density at radius 2 is 2.11 bits per heavy atom. The summed E-state index contributed by atoms with van der Waals surface area (Å²) in [5.74, 6) is 1.78. The average molecular weight is 252 g/mol. The molecule has 2 rings (SSSR count). The van der Waals surface area contributed by atoms with Gasteiger partial charge in [0.15, 0.2) is 0 Å². The van der Waals surface area contributed by atoms with Crippen LogP contribution >= 0.6 is 0 Å². The third-order valence-electron chi connectivity index (χ3n) is 5.45. The van der Waals surface area contributed by atoms with Gasteiger partial charge >= 0.3 is 0 Å². The lowest BCUT2D eigenvalue weighted by Crippen LogP contribution is -2.28. The molecule has 18 heavy (non-hydrogen) atoms. The van der Waals surface area contributed by atoms with Crippen LogP contribution in [-0.4, -0.2) is 11.7 Å². The molecule has 0 aromatic rings. The van der Waals surface area contributed by atoms with E-state index in [1.54, 1.807) is 0 Å². The minimum absolute atomic E-state index is 0.286. The van der Waals surface area contributed by atoms with Gasteiger partial charge in [-0.3, -0.25) is 0 Å². The minimum Gasteiger partial charge on any atom is -0.366 e. The van der Waals surface area contributed by atoms with Gasteiger partial charge in [0, 0.05) is 0 Å². The lowest BCUT2D eigenvalue weighted by Gasteiger charge is -2.34. The number of ether oxygens (including phenoxy) is 1. The van der Waals surface area contributed by atoms with Crippen LogP contribution in [0, 0.1) is 17.3 Å². The van der Waals surface area contributed by atoms with Crippen molar-refractivity contribution in [3.63, 3.8) is 0 Å². The number of unbranched alkanes of at least 4 members (excludes halogenated alkanes) is 1. The Morgan fingerprint density at radius 3 is 2.72 bits per heavy atom. The molecular weight excluding hydrogens is 220 g/mol. The molecule has 1 aliphatic heterocycles. The smallest absolute Gasteiger partial charge is 0.0920 e. The van der Waals surface area contributed by atoms with Gasteiger partial charge in [0.1, 0.15) is 0 Å². The Balaban J connectivity index is 1.79. The van der Waals surface area contributed by atoms with E-state index in [1.165, 1.54) is 44.9 Å². The second-order valence-corrected chi connectivity index (χ2v) is 7.90. The predicted octanol–water partition coefficient (Wildman–Crippen LogP) is 5.19. The van der Waals surface area contributed by atoms with Gasteiger partial charge in [0.25, 0.3) is 0 Å². The van der Waals surface area contributed by atoms with E-state index in [-0.39, 0.29) is 5.60 Å². The van der Waals surface area contributed by atoms with E-state index in [9.17, 15) is 0 Å². The molecule has 1 heteroatoms. The van der Waals surface area contributed by atoms with Gasteiger partial charge < -0.3 is 4.74 Å². The highest BCUT2D eigenvalue weighted by atomic mass is 16.6. The average Bonchev–Trinajstić information content (AvgIpc) is 2.96. The zero-order chi connectivity index (χ0) is 13.4. The molecular formula is C17H32O. The van der Waals surface area contributed by atoms with E-state index >= 15 is 0 Å². The van der Waals surface area contributed by atoms with Gasteiger partial charge in [-0.05, 0) is 56.3 Å². The molecule has 1 heterocycles. The van der Waals surface area contributed by atoms with Crippen LogP contribution < -0.4 is 0 Å². The van der Waals surface area contributed by atoms with Gasteiger partial charge in [0.05, 0.1) is 11.7 Å². The van der Waals surface area contributed by atoms with Crippen LogP contribution in [0.15, 0.2) is 0 Å². The van der Waals surface area contributed by atoms with Crippen molar-refractivity contribution < 1.29 is 4.74 Å². The quantitative estimate of drug-likeness (QED) is 0.593. The van der Waals surface area contributed by atoms with Crippen molar-refractivity contribution in [2.75, 3.05) is 0 Å². The van der Waals surface area contributed by atoms with Crippen LogP contribution in [0.3, 0.4) is 0 Å². The van der Waals surface area contributed by atoms with Crippen LogP contribution in [0.2, 0.25) is 0 Å². The molecule has 0 spiro atoms. The van der Waals surface area contributed by atoms with Crippen molar-refractivity contribution in [1.82, 2.24) is 0 Å². The van der Waals surface area contributed by atoms with Crippen molar-refractivity contribution in [2.24, 2.45) is 17.3 Å². The summed E-state index contributed by atoms with van der Waals surface area (Å²) in [6.45, 7) is 12.0. The molecule has 2 fully saturated rings. The Labute approximate surface area is 114 Å². The first-order valence-electron chi connectivity index (χ1n) is 8.04. The molecule has 0 radical (unpaired) electrons. The molecule has 0 amide bonds. The Bertz CT molecular complexity index is 283. The van der Waals surface area contributed by atoms with Crippen LogP contribution in [0.5, 0.6) is 0 Å². The van der Waals surface area contributed by atoms with Crippen molar-refractivity contribution >= 4 is 0 Å². The standard InChI is InChI=1S/C17H32O/c1-6-7-9-16(3,4)12-13(2)14-8-10-17(5)15(11-14)18-17/h13-15H,6-12H2,1-5H3. The molecule has 4 atom stereocenters. The first kappa shape index (κ1) is 14.4. The third kappa shape index (κ3) is 3.29. The number of hydrogen-bond donors (Lipinski definition) is 0. The number of hydrogen-bond acceptors (Lipinski definition) is 1. The van der Waals surface area contributed by atoms with Gasteiger partial charge in [0.2, 0.25) is 0 Å². The normalized spacial score (nSPS) is 37.2. The lowest BCUT2D eigenvalue weighted by molar-refractivity contribution is 0.175.